The molecule has 8 heteroatoms. The number of hydrogen-bond acceptors (Lipinski definition) is 6. The van der Waals surface area contributed by atoms with Gasteiger partial charge >= 0.3 is 0 Å². The van der Waals surface area contributed by atoms with E-state index in [0.717, 1.165) is 20.0 Å². The number of halogens is 2. The van der Waals surface area contributed by atoms with E-state index < -0.39 is 0 Å². The van der Waals surface area contributed by atoms with Gasteiger partial charge in [0.1, 0.15) is 16.6 Å². The van der Waals surface area contributed by atoms with Crippen LogP contribution < -0.4 is 18.9 Å². The maximum Gasteiger partial charge on any atom is 0.210 e. The average molecular weight is 514 g/mol. The topological polar surface area (TPSA) is 62.7 Å². The van der Waals surface area contributed by atoms with Crippen LogP contribution in [0, 0.1) is 0 Å². The molecule has 0 fully saturated rings. The second kappa shape index (κ2) is 9.13. The summed E-state index contributed by atoms with van der Waals surface area (Å²) in [5, 5.41) is 0. The maximum atomic E-state index is 5.95. The van der Waals surface area contributed by atoms with Gasteiger partial charge in [-0.1, -0.05) is 0 Å². The standard InChI is InChI=1S/C20H22Br2N2O4/c1-5-25-17-15-16(24-14-12(23-15)10-9-11(21)13(14)22)18(26-6-2)20(28-8-4)19(17)27-7-3/h9-10H,5-8H2,1-4H3. The molecule has 1 aromatic heterocycles. The molecular weight excluding hydrogens is 492 g/mol. The van der Waals surface area contributed by atoms with Crippen LogP contribution in [0.2, 0.25) is 0 Å². The number of benzene rings is 2. The Labute approximate surface area is 180 Å². The Bertz CT molecular complexity index is 1010. The smallest absolute Gasteiger partial charge is 0.210 e. The van der Waals surface area contributed by atoms with E-state index in [-0.39, 0.29) is 0 Å². The molecule has 0 saturated carbocycles. The molecule has 1 heterocycles. The lowest BCUT2D eigenvalue weighted by Gasteiger charge is -2.21. The fourth-order valence-electron chi connectivity index (χ4n) is 2.91. The zero-order valence-corrected chi connectivity index (χ0v) is 19.4. The fraction of sp³-hybridized carbons (Fsp3) is 0.400. The van der Waals surface area contributed by atoms with Crippen LogP contribution in [-0.2, 0) is 0 Å². The Morgan fingerprint density at radius 3 is 1.61 bits per heavy atom. The molecule has 2 aromatic carbocycles. The van der Waals surface area contributed by atoms with E-state index in [1.54, 1.807) is 0 Å². The highest BCUT2D eigenvalue weighted by Gasteiger charge is 2.27. The minimum atomic E-state index is 0.452. The molecule has 0 radical (unpaired) electrons. The number of aromatic nitrogens is 2. The summed E-state index contributed by atoms with van der Waals surface area (Å²) >= 11 is 7.12. The van der Waals surface area contributed by atoms with Crippen LogP contribution in [0.1, 0.15) is 27.7 Å². The van der Waals surface area contributed by atoms with Gasteiger partial charge in [-0.25, -0.2) is 9.97 Å². The molecule has 0 aliphatic heterocycles. The molecule has 3 aromatic rings. The number of hydrogen-bond donors (Lipinski definition) is 0. The lowest BCUT2D eigenvalue weighted by Crippen LogP contribution is -2.07. The molecule has 0 saturated heterocycles. The summed E-state index contributed by atoms with van der Waals surface area (Å²) in [6.45, 7) is 9.48. The van der Waals surface area contributed by atoms with E-state index in [1.165, 1.54) is 0 Å². The Balaban J connectivity index is 2.50. The van der Waals surface area contributed by atoms with Gasteiger partial charge in [0.05, 0.1) is 36.4 Å². The van der Waals surface area contributed by atoms with Crippen molar-refractivity contribution in [2.45, 2.75) is 27.7 Å². The summed E-state index contributed by atoms with van der Waals surface area (Å²) < 4.78 is 25.4. The highest BCUT2D eigenvalue weighted by Crippen LogP contribution is 2.51. The Kier molecular flexibility index (Phi) is 6.82. The number of nitrogens with zero attached hydrogens (tertiary/aromatic N) is 2. The predicted molar refractivity (Wildman–Crippen MR) is 117 cm³/mol. The molecule has 28 heavy (non-hydrogen) atoms. The molecule has 0 atom stereocenters. The summed E-state index contributed by atoms with van der Waals surface area (Å²) in [4.78, 5) is 9.70. The quantitative estimate of drug-likeness (QED) is 0.349. The van der Waals surface area contributed by atoms with Gasteiger partial charge in [-0.15, -0.1) is 0 Å². The number of rotatable bonds is 8. The Morgan fingerprint density at radius 1 is 0.643 bits per heavy atom. The summed E-state index contributed by atoms with van der Waals surface area (Å²) in [6.07, 6.45) is 0. The van der Waals surface area contributed by atoms with E-state index in [0.29, 0.717) is 60.5 Å². The highest BCUT2D eigenvalue weighted by atomic mass is 79.9. The van der Waals surface area contributed by atoms with Gasteiger partial charge in [-0.05, 0) is 71.7 Å². The average Bonchev–Trinajstić information content (AvgIpc) is 2.69. The first-order valence-electron chi connectivity index (χ1n) is 9.23. The van der Waals surface area contributed by atoms with Crippen molar-refractivity contribution in [1.29, 1.82) is 0 Å². The van der Waals surface area contributed by atoms with Crippen molar-refractivity contribution in [3.8, 4) is 23.0 Å². The molecule has 0 N–H and O–H groups in total. The molecule has 0 aliphatic carbocycles. The van der Waals surface area contributed by atoms with Crippen molar-refractivity contribution in [2.24, 2.45) is 0 Å². The fourth-order valence-corrected chi connectivity index (χ4v) is 3.65. The van der Waals surface area contributed by atoms with Crippen LogP contribution in [-0.4, -0.2) is 36.4 Å². The molecule has 0 spiro atoms. The first-order chi connectivity index (χ1) is 13.6. The zero-order valence-electron chi connectivity index (χ0n) is 16.3. The third kappa shape index (κ3) is 3.72. The number of ether oxygens (including phenoxy) is 4. The first kappa shape index (κ1) is 20.9. The van der Waals surface area contributed by atoms with Crippen molar-refractivity contribution in [1.82, 2.24) is 9.97 Å². The monoisotopic (exact) mass is 512 g/mol. The van der Waals surface area contributed by atoms with Gasteiger partial charge in [0, 0.05) is 4.47 Å². The normalized spacial score (nSPS) is 11.1. The highest BCUT2D eigenvalue weighted by molar-refractivity contribution is 9.13. The summed E-state index contributed by atoms with van der Waals surface area (Å²) in [7, 11) is 0. The summed E-state index contributed by atoms with van der Waals surface area (Å²) in [6, 6.07) is 3.83. The van der Waals surface area contributed by atoms with Gasteiger partial charge in [0.15, 0.2) is 11.5 Å². The third-order valence-corrected chi connectivity index (χ3v) is 5.93. The molecule has 150 valence electrons. The van der Waals surface area contributed by atoms with Gasteiger partial charge < -0.3 is 18.9 Å². The van der Waals surface area contributed by atoms with Crippen LogP contribution in [0.3, 0.4) is 0 Å². The van der Waals surface area contributed by atoms with Gasteiger partial charge in [0.25, 0.3) is 0 Å². The number of fused-ring (bicyclic) bond motifs is 2. The van der Waals surface area contributed by atoms with E-state index in [1.807, 2.05) is 39.8 Å². The molecule has 3 rings (SSSR count). The van der Waals surface area contributed by atoms with Crippen LogP contribution in [0.15, 0.2) is 21.1 Å². The molecule has 0 bridgehead atoms. The van der Waals surface area contributed by atoms with Crippen LogP contribution in [0.4, 0.5) is 0 Å². The largest absolute Gasteiger partial charge is 0.488 e. The molecule has 0 aliphatic rings. The van der Waals surface area contributed by atoms with Crippen molar-refractivity contribution in [2.75, 3.05) is 26.4 Å². The van der Waals surface area contributed by atoms with Crippen LogP contribution in [0.5, 0.6) is 23.0 Å². The van der Waals surface area contributed by atoms with E-state index >= 15 is 0 Å². The lowest BCUT2D eigenvalue weighted by molar-refractivity contribution is 0.247. The van der Waals surface area contributed by atoms with Gasteiger partial charge in [-0.2, -0.15) is 0 Å². The van der Waals surface area contributed by atoms with Gasteiger partial charge in [-0.3, -0.25) is 0 Å². The van der Waals surface area contributed by atoms with E-state index in [9.17, 15) is 0 Å². The minimum Gasteiger partial charge on any atom is -0.488 e. The second-order valence-electron chi connectivity index (χ2n) is 5.70. The summed E-state index contributed by atoms with van der Waals surface area (Å²) in [5.74, 6) is 2.00. The zero-order chi connectivity index (χ0) is 20.3. The maximum absolute atomic E-state index is 5.95. The Hall–Kier alpha value is -1.80. The second-order valence-corrected chi connectivity index (χ2v) is 7.35. The third-order valence-electron chi connectivity index (χ3n) is 3.93. The Morgan fingerprint density at radius 2 is 1.11 bits per heavy atom. The predicted octanol–water partition coefficient (Wildman–Crippen LogP) is 5.90. The minimum absolute atomic E-state index is 0.452. The summed E-state index contributed by atoms with van der Waals surface area (Å²) in [5.41, 5.74) is 2.61. The molecule has 0 amide bonds. The molecule has 6 nitrogen and oxygen atoms in total. The van der Waals surface area contributed by atoms with E-state index in [2.05, 4.69) is 31.9 Å². The van der Waals surface area contributed by atoms with E-state index in [4.69, 9.17) is 28.9 Å². The van der Waals surface area contributed by atoms with Crippen molar-refractivity contribution >= 4 is 53.9 Å². The first-order valence-corrected chi connectivity index (χ1v) is 10.8. The van der Waals surface area contributed by atoms with Crippen LogP contribution >= 0.6 is 31.9 Å². The molecule has 0 unspecified atom stereocenters. The van der Waals surface area contributed by atoms with Gasteiger partial charge in [0.2, 0.25) is 11.5 Å². The van der Waals surface area contributed by atoms with Crippen molar-refractivity contribution < 1.29 is 18.9 Å². The SMILES string of the molecule is CCOc1c(OCC)c(OCC)c2nc3c(Br)c(Br)ccc3nc2c1OCC. The van der Waals surface area contributed by atoms with Crippen LogP contribution in [0.25, 0.3) is 22.1 Å². The van der Waals surface area contributed by atoms with Crippen molar-refractivity contribution in [3.63, 3.8) is 0 Å². The lowest BCUT2D eigenvalue weighted by atomic mass is 10.2. The van der Waals surface area contributed by atoms with Crippen molar-refractivity contribution in [3.05, 3.63) is 21.1 Å². The molecular formula is C20H22Br2N2O4.